The molecule has 0 aliphatic heterocycles. The number of benzene rings is 1. The molecule has 2 saturated carbocycles. The molecule has 2 fully saturated rings. The van der Waals surface area contributed by atoms with Gasteiger partial charge in [-0.3, -0.25) is 25.2 Å². The monoisotopic (exact) mass is 336 g/mol. The predicted molar refractivity (Wildman–Crippen MR) is 82.5 cm³/mol. The Labute approximate surface area is 138 Å². The van der Waals surface area contributed by atoms with Gasteiger partial charge in [-0.2, -0.15) is 0 Å². The molecule has 1 aromatic carbocycles. The SMILES string of the molecule is O=C(NNC(=O)[C@H]1[C@H]2CC[C@H](C2)[C@@H]1C(=O)O)c1cccc(Cl)c1. The molecule has 0 saturated heterocycles. The molecule has 0 spiro atoms. The normalized spacial score (nSPS) is 28.4. The molecule has 0 radical (unpaired) electrons. The fourth-order valence-electron chi connectivity index (χ4n) is 3.93. The highest BCUT2D eigenvalue weighted by Gasteiger charge is 2.54. The highest BCUT2D eigenvalue weighted by atomic mass is 35.5. The predicted octanol–water partition coefficient (Wildman–Crippen LogP) is 1.85. The van der Waals surface area contributed by atoms with E-state index in [4.69, 9.17) is 11.6 Å². The highest BCUT2D eigenvalue weighted by Crippen LogP contribution is 2.52. The fraction of sp³-hybridized carbons (Fsp3) is 0.438. The van der Waals surface area contributed by atoms with Gasteiger partial charge in [0, 0.05) is 10.6 Å². The van der Waals surface area contributed by atoms with Gasteiger partial charge in [-0.1, -0.05) is 17.7 Å². The summed E-state index contributed by atoms with van der Waals surface area (Å²) < 4.78 is 0. The Hall–Kier alpha value is -2.08. The van der Waals surface area contributed by atoms with Crippen molar-refractivity contribution in [2.24, 2.45) is 23.7 Å². The van der Waals surface area contributed by atoms with Crippen LogP contribution in [-0.4, -0.2) is 22.9 Å². The molecule has 2 aliphatic rings. The number of carbonyl (C=O) groups excluding carboxylic acids is 2. The number of carboxylic acid groups (broad SMARTS) is 1. The first-order chi connectivity index (χ1) is 11.0. The van der Waals surface area contributed by atoms with Crippen molar-refractivity contribution in [1.29, 1.82) is 0 Å². The second-order valence-corrected chi connectivity index (χ2v) is 6.61. The average molecular weight is 337 g/mol. The lowest BCUT2D eigenvalue weighted by atomic mass is 9.79. The van der Waals surface area contributed by atoms with E-state index in [0.29, 0.717) is 10.6 Å². The molecule has 0 aromatic heterocycles. The number of fused-ring (bicyclic) bond motifs is 2. The quantitative estimate of drug-likeness (QED) is 0.734. The molecule has 2 amide bonds. The van der Waals surface area contributed by atoms with Crippen LogP contribution < -0.4 is 10.9 Å². The van der Waals surface area contributed by atoms with Gasteiger partial charge in [0.15, 0.2) is 0 Å². The van der Waals surface area contributed by atoms with E-state index in [2.05, 4.69) is 10.9 Å². The molecule has 1 aromatic rings. The Bertz CT molecular complexity index is 663. The van der Waals surface area contributed by atoms with Gasteiger partial charge in [-0.05, 0) is 49.3 Å². The largest absolute Gasteiger partial charge is 0.481 e. The second kappa shape index (κ2) is 6.20. The minimum Gasteiger partial charge on any atom is -0.481 e. The van der Waals surface area contributed by atoms with Gasteiger partial charge in [0.1, 0.15) is 0 Å². The number of carbonyl (C=O) groups is 3. The van der Waals surface area contributed by atoms with Crippen LogP contribution in [0.4, 0.5) is 0 Å². The maximum absolute atomic E-state index is 12.3. The number of hydrogen-bond acceptors (Lipinski definition) is 3. The van der Waals surface area contributed by atoms with Crippen LogP contribution in [-0.2, 0) is 9.59 Å². The minimum absolute atomic E-state index is 0.0666. The average Bonchev–Trinajstić information content (AvgIpc) is 3.13. The Morgan fingerprint density at radius 2 is 1.78 bits per heavy atom. The molecule has 3 rings (SSSR count). The summed E-state index contributed by atoms with van der Waals surface area (Å²) >= 11 is 5.82. The molecule has 4 atom stereocenters. The molecule has 0 heterocycles. The lowest BCUT2D eigenvalue weighted by Gasteiger charge is -2.26. The van der Waals surface area contributed by atoms with Crippen molar-refractivity contribution in [3.8, 4) is 0 Å². The summed E-state index contributed by atoms with van der Waals surface area (Å²) in [5.74, 6) is -2.93. The third kappa shape index (κ3) is 3.03. The topological polar surface area (TPSA) is 95.5 Å². The number of hydrazine groups is 1. The molecular weight excluding hydrogens is 320 g/mol. The summed E-state index contributed by atoms with van der Waals surface area (Å²) in [7, 11) is 0. The van der Waals surface area contributed by atoms with Crippen molar-refractivity contribution in [3.63, 3.8) is 0 Å². The van der Waals surface area contributed by atoms with Crippen LogP contribution in [0.25, 0.3) is 0 Å². The lowest BCUT2D eigenvalue weighted by Crippen LogP contribution is -2.48. The van der Waals surface area contributed by atoms with Crippen LogP contribution >= 0.6 is 11.6 Å². The van der Waals surface area contributed by atoms with Crippen molar-refractivity contribution >= 4 is 29.4 Å². The van der Waals surface area contributed by atoms with Crippen LogP contribution in [0.1, 0.15) is 29.6 Å². The van der Waals surface area contributed by atoms with E-state index in [1.807, 2.05) is 0 Å². The van der Waals surface area contributed by atoms with E-state index in [1.165, 1.54) is 6.07 Å². The van der Waals surface area contributed by atoms with Gasteiger partial charge in [-0.15, -0.1) is 0 Å². The van der Waals surface area contributed by atoms with Crippen LogP contribution in [0.5, 0.6) is 0 Å². The molecule has 2 aliphatic carbocycles. The summed E-state index contributed by atoms with van der Waals surface area (Å²) in [5, 5.41) is 9.78. The molecular formula is C16H17ClN2O4. The van der Waals surface area contributed by atoms with Crippen molar-refractivity contribution < 1.29 is 19.5 Å². The number of nitrogens with one attached hydrogen (secondary N) is 2. The summed E-state index contributed by atoms with van der Waals surface area (Å²) in [6.07, 6.45) is 2.51. The summed E-state index contributed by atoms with van der Waals surface area (Å²) in [4.78, 5) is 35.7. The third-order valence-corrected chi connectivity index (χ3v) is 5.13. The number of rotatable bonds is 3. The Balaban J connectivity index is 1.63. The number of amides is 2. The van der Waals surface area contributed by atoms with E-state index in [9.17, 15) is 19.5 Å². The number of hydrogen-bond donors (Lipinski definition) is 3. The summed E-state index contributed by atoms with van der Waals surface area (Å²) in [6, 6.07) is 6.34. The maximum atomic E-state index is 12.3. The first kappa shape index (κ1) is 15.8. The highest BCUT2D eigenvalue weighted by molar-refractivity contribution is 6.30. The van der Waals surface area contributed by atoms with Gasteiger partial charge < -0.3 is 5.11 Å². The number of carboxylic acids is 1. The lowest BCUT2D eigenvalue weighted by molar-refractivity contribution is -0.149. The standard InChI is InChI=1S/C16H17ClN2O4/c17-11-3-1-2-10(7-11)14(20)18-19-15(21)12-8-4-5-9(6-8)13(12)16(22)23/h1-3,7-9,12-13H,4-6H2,(H,18,20)(H,19,21)(H,22,23)/t8-,9+,12-,13-/m0/s1. The third-order valence-electron chi connectivity index (χ3n) is 4.89. The summed E-state index contributed by atoms with van der Waals surface area (Å²) in [5.41, 5.74) is 5.02. The fourth-order valence-corrected chi connectivity index (χ4v) is 4.12. The molecule has 3 N–H and O–H groups in total. The zero-order chi connectivity index (χ0) is 16.6. The Morgan fingerprint density at radius 1 is 1.09 bits per heavy atom. The van der Waals surface area contributed by atoms with E-state index in [1.54, 1.807) is 18.2 Å². The molecule has 7 heteroatoms. The van der Waals surface area contributed by atoms with Gasteiger partial charge in [0.05, 0.1) is 11.8 Å². The van der Waals surface area contributed by atoms with E-state index < -0.39 is 29.6 Å². The zero-order valence-electron chi connectivity index (χ0n) is 12.3. The van der Waals surface area contributed by atoms with E-state index in [0.717, 1.165) is 19.3 Å². The first-order valence-electron chi connectivity index (χ1n) is 7.56. The van der Waals surface area contributed by atoms with Crippen LogP contribution in [0.3, 0.4) is 0 Å². The molecule has 6 nitrogen and oxygen atoms in total. The number of halogens is 1. The molecule has 23 heavy (non-hydrogen) atoms. The smallest absolute Gasteiger partial charge is 0.307 e. The van der Waals surface area contributed by atoms with E-state index in [-0.39, 0.29) is 11.8 Å². The molecule has 2 bridgehead atoms. The van der Waals surface area contributed by atoms with Crippen LogP contribution in [0.2, 0.25) is 5.02 Å². The maximum Gasteiger partial charge on any atom is 0.307 e. The van der Waals surface area contributed by atoms with Crippen molar-refractivity contribution in [3.05, 3.63) is 34.9 Å². The Morgan fingerprint density at radius 3 is 2.43 bits per heavy atom. The second-order valence-electron chi connectivity index (χ2n) is 6.18. The van der Waals surface area contributed by atoms with Crippen molar-refractivity contribution in [1.82, 2.24) is 10.9 Å². The van der Waals surface area contributed by atoms with Crippen molar-refractivity contribution in [2.45, 2.75) is 19.3 Å². The summed E-state index contributed by atoms with van der Waals surface area (Å²) in [6.45, 7) is 0. The van der Waals surface area contributed by atoms with Gasteiger partial charge in [0.2, 0.25) is 5.91 Å². The Kier molecular flexibility index (Phi) is 4.26. The minimum atomic E-state index is -0.932. The van der Waals surface area contributed by atoms with Gasteiger partial charge in [0.25, 0.3) is 5.91 Å². The van der Waals surface area contributed by atoms with Crippen molar-refractivity contribution in [2.75, 3.05) is 0 Å². The molecule has 122 valence electrons. The first-order valence-corrected chi connectivity index (χ1v) is 7.93. The van der Waals surface area contributed by atoms with E-state index >= 15 is 0 Å². The zero-order valence-corrected chi connectivity index (χ0v) is 13.0. The van der Waals surface area contributed by atoms with Gasteiger partial charge in [-0.25, -0.2) is 0 Å². The van der Waals surface area contributed by atoms with Crippen LogP contribution in [0.15, 0.2) is 24.3 Å². The number of aliphatic carboxylic acids is 1. The van der Waals surface area contributed by atoms with Gasteiger partial charge >= 0.3 is 5.97 Å². The van der Waals surface area contributed by atoms with Crippen LogP contribution in [0, 0.1) is 23.7 Å². The molecule has 0 unspecified atom stereocenters.